The number of benzene rings is 3. The topological polar surface area (TPSA) is 110 Å². The van der Waals surface area contributed by atoms with Crippen molar-refractivity contribution < 1.29 is 13.2 Å². The normalized spacial score (nSPS) is 11.7. The summed E-state index contributed by atoms with van der Waals surface area (Å²) < 4.78 is 30.9. The second kappa shape index (κ2) is 11.8. The number of nitrogens with zero attached hydrogens (tertiary/aromatic N) is 5. The second-order valence-corrected chi connectivity index (χ2v) is 13.4. The number of aromatic nitrogens is 4. The molecule has 3 aromatic carbocycles. The first-order valence-corrected chi connectivity index (χ1v) is 16.6. The van der Waals surface area contributed by atoms with Crippen molar-refractivity contribution >= 4 is 59.4 Å². The van der Waals surface area contributed by atoms with Crippen LogP contribution in [0, 0.1) is 6.92 Å². The molecule has 0 saturated carbocycles. The molecule has 6 aromatic rings. The molecule has 1 N–H and O–H groups in total. The van der Waals surface area contributed by atoms with E-state index in [-0.39, 0.29) is 5.56 Å². The third kappa shape index (κ3) is 5.56. The second-order valence-electron chi connectivity index (χ2n) is 10.8. The number of nitrogens with one attached hydrogen (secondary N) is 1. The summed E-state index contributed by atoms with van der Waals surface area (Å²) in [6.07, 6.45) is 1.79. The Morgan fingerprint density at radius 3 is 2.27 bits per heavy atom. The maximum Gasteiger partial charge on any atom is 0.301 e. The third-order valence-corrected chi connectivity index (χ3v) is 9.88. The molecule has 0 atom stereocenters. The smallest absolute Gasteiger partial charge is 0.301 e. The van der Waals surface area contributed by atoms with Gasteiger partial charge in [-0.15, -0.1) is 11.3 Å². The number of aryl methyl sites for hydroxylation is 2. The SMILES string of the molecule is CCCc1nc2c(C)nc(N(C)C)nc2n1Cc1ccc(-c2sc(NS(=O)(=O)C(=O)c3ccccc3)c3ccccc23)cc1. The predicted molar refractivity (Wildman–Crippen MR) is 178 cm³/mol. The Morgan fingerprint density at radius 2 is 1.59 bits per heavy atom. The van der Waals surface area contributed by atoms with Gasteiger partial charge in [-0.2, -0.15) is 13.4 Å². The molecule has 0 unspecified atom stereocenters. The fourth-order valence-electron chi connectivity index (χ4n) is 5.17. The summed E-state index contributed by atoms with van der Waals surface area (Å²) >= 11 is 1.31. The zero-order chi connectivity index (χ0) is 31.0. The molecule has 224 valence electrons. The highest BCUT2D eigenvalue weighted by atomic mass is 32.2. The van der Waals surface area contributed by atoms with Crippen molar-refractivity contribution in [2.24, 2.45) is 0 Å². The molecule has 0 aliphatic rings. The molecule has 0 aliphatic heterocycles. The Bertz CT molecular complexity index is 2100. The van der Waals surface area contributed by atoms with E-state index in [0.717, 1.165) is 62.3 Å². The van der Waals surface area contributed by atoms with E-state index >= 15 is 0 Å². The van der Waals surface area contributed by atoms with Gasteiger partial charge < -0.3 is 9.47 Å². The molecule has 3 heterocycles. The van der Waals surface area contributed by atoms with Gasteiger partial charge in [0.25, 0.3) is 5.12 Å². The fraction of sp³-hybridized carbons (Fsp3) is 0.212. The zero-order valence-electron chi connectivity index (χ0n) is 24.9. The van der Waals surface area contributed by atoms with Gasteiger partial charge in [0.05, 0.1) is 12.2 Å². The summed E-state index contributed by atoms with van der Waals surface area (Å²) in [5, 5.41) is 1.09. The van der Waals surface area contributed by atoms with E-state index in [9.17, 15) is 13.2 Å². The number of imidazole rings is 1. The summed E-state index contributed by atoms with van der Waals surface area (Å²) in [4.78, 5) is 30.0. The molecule has 0 spiro atoms. The zero-order valence-corrected chi connectivity index (χ0v) is 26.5. The minimum absolute atomic E-state index is 0.115. The standard InChI is InChI=1S/C33H32N6O3S2/c1-5-11-27-35-28-21(2)34-33(38(3)4)36-30(28)39(27)20-22-16-18-23(19-17-22)29-25-14-9-10-15-26(25)31(43-29)37-44(41,42)32(40)24-12-7-6-8-13-24/h6-10,12-19,37H,5,11,20H2,1-4H3. The maximum atomic E-state index is 13.1. The molecule has 0 radical (unpaired) electrons. The molecule has 11 heteroatoms. The van der Waals surface area contributed by atoms with Crippen LogP contribution >= 0.6 is 11.3 Å². The van der Waals surface area contributed by atoms with Crippen molar-refractivity contribution in [1.29, 1.82) is 0 Å². The number of sulfonamides is 1. The highest BCUT2D eigenvalue weighted by molar-refractivity contribution is 8.07. The van der Waals surface area contributed by atoms with E-state index in [1.165, 1.54) is 23.5 Å². The number of hydrogen-bond acceptors (Lipinski definition) is 8. The quantitative estimate of drug-likeness (QED) is 0.191. The first-order chi connectivity index (χ1) is 21.2. The van der Waals surface area contributed by atoms with Gasteiger partial charge in [-0.1, -0.05) is 85.8 Å². The Kier molecular flexibility index (Phi) is 7.91. The molecule has 3 aromatic heterocycles. The first-order valence-electron chi connectivity index (χ1n) is 14.3. The van der Waals surface area contributed by atoms with Gasteiger partial charge in [-0.05, 0) is 24.5 Å². The highest BCUT2D eigenvalue weighted by Gasteiger charge is 2.26. The monoisotopic (exact) mass is 624 g/mol. The molecule has 0 amide bonds. The maximum absolute atomic E-state index is 13.1. The van der Waals surface area contributed by atoms with Gasteiger partial charge in [0.2, 0.25) is 5.95 Å². The summed E-state index contributed by atoms with van der Waals surface area (Å²) in [7, 11) is -0.443. The number of thiophene rings is 1. The van der Waals surface area contributed by atoms with E-state index < -0.39 is 15.1 Å². The molecule has 44 heavy (non-hydrogen) atoms. The highest BCUT2D eigenvalue weighted by Crippen LogP contribution is 2.42. The van der Waals surface area contributed by atoms with Crippen LogP contribution in [-0.4, -0.2) is 47.1 Å². The number of anilines is 2. The lowest BCUT2D eigenvalue weighted by molar-refractivity contribution is 0.107. The minimum atomic E-state index is -4.30. The van der Waals surface area contributed by atoms with E-state index in [0.29, 0.717) is 17.5 Å². The Morgan fingerprint density at radius 1 is 0.909 bits per heavy atom. The molecule has 9 nitrogen and oxygen atoms in total. The number of carbonyl (C=O) groups excluding carboxylic acids is 1. The summed E-state index contributed by atoms with van der Waals surface area (Å²) in [6, 6.07) is 23.9. The fourth-order valence-corrected chi connectivity index (χ4v) is 7.59. The lowest BCUT2D eigenvalue weighted by Crippen LogP contribution is -2.22. The molecule has 0 bridgehead atoms. The number of carbonyl (C=O) groups is 1. The summed E-state index contributed by atoms with van der Waals surface area (Å²) in [6.45, 7) is 4.71. The lowest BCUT2D eigenvalue weighted by Gasteiger charge is -2.13. The van der Waals surface area contributed by atoms with Crippen LogP contribution in [-0.2, 0) is 23.0 Å². The van der Waals surface area contributed by atoms with Gasteiger partial charge in [-0.3, -0.25) is 9.52 Å². The average Bonchev–Trinajstić information content (AvgIpc) is 3.56. The first kappa shape index (κ1) is 29.5. The van der Waals surface area contributed by atoms with Gasteiger partial charge in [-0.25, -0.2) is 9.97 Å². The average molecular weight is 625 g/mol. The van der Waals surface area contributed by atoms with Crippen LogP contribution in [0.1, 0.15) is 40.8 Å². The van der Waals surface area contributed by atoms with Crippen molar-refractivity contribution in [2.75, 3.05) is 23.7 Å². The lowest BCUT2D eigenvalue weighted by atomic mass is 10.1. The molecular formula is C33H32N6O3S2. The van der Waals surface area contributed by atoms with Gasteiger partial charge in [0.1, 0.15) is 16.3 Å². The van der Waals surface area contributed by atoms with Crippen LogP contribution in [0.2, 0.25) is 0 Å². The van der Waals surface area contributed by atoms with E-state index in [1.54, 1.807) is 18.2 Å². The van der Waals surface area contributed by atoms with E-state index in [1.807, 2.05) is 62.3 Å². The van der Waals surface area contributed by atoms with Crippen molar-refractivity contribution in [2.45, 2.75) is 33.2 Å². The van der Waals surface area contributed by atoms with Gasteiger partial charge >= 0.3 is 10.0 Å². The van der Waals surface area contributed by atoms with Crippen LogP contribution in [0.15, 0.2) is 78.9 Å². The van der Waals surface area contributed by atoms with Crippen molar-refractivity contribution in [1.82, 2.24) is 19.5 Å². The third-order valence-electron chi connectivity index (χ3n) is 7.37. The van der Waals surface area contributed by atoms with E-state index in [4.69, 9.17) is 9.97 Å². The van der Waals surface area contributed by atoms with Crippen LogP contribution in [0.3, 0.4) is 0 Å². The molecule has 0 saturated heterocycles. The molecule has 0 fully saturated rings. The van der Waals surface area contributed by atoms with Crippen LogP contribution in [0.5, 0.6) is 0 Å². The Hall–Kier alpha value is -4.61. The molecular weight excluding hydrogens is 593 g/mol. The predicted octanol–water partition coefficient (Wildman–Crippen LogP) is 6.67. The largest absolute Gasteiger partial charge is 0.347 e. The van der Waals surface area contributed by atoms with Crippen molar-refractivity contribution in [3.63, 3.8) is 0 Å². The minimum Gasteiger partial charge on any atom is -0.347 e. The van der Waals surface area contributed by atoms with Crippen molar-refractivity contribution in [3.8, 4) is 10.4 Å². The number of hydrogen-bond donors (Lipinski definition) is 1. The van der Waals surface area contributed by atoms with Gasteiger partial charge in [0.15, 0.2) is 5.65 Å². The number of rotatable bonds is 9. The number of fused-ring (bicyclic) bond motifs is 2. The summed E-state index contributed by atoms with van der Waals surface area (Å²) in [5.41, 5.74) is 4.65. The molecule has 0 aliphatic carbocycles. The van der Waals surface area contributed by atoms with Gasteiger partial charge in [0, 0.05) is 41.7 Å². The molecule has 6 rings (SSSR count). The van der Waals surface area contributed by atoms with Crippen molar-refractivity contribution in [3.05, 3.63) is 102 Å². The van der Waals surface area contributed by atoms with E-state index in [2.05, 4.69) is 33.3 Å². The Balaban J connectivity index is 1.33. The summed E-state index contributed by atoms with van der Waals surface area (Å²) in [5.74, 6) is 1.63. The van der Waals surface area contributed by atoms with Crippen LogP contribution in [0.25, 0.3) is 32.4 Å². The Labute approximate surface area is 260 Å². The van der Waals surface area contributed by atoms with Crippen LogP contribution < -0.4 is 9.62 Å². The van der Waals surface area contributed by atoms with Crippen LogP contribution in [0.4, 0.5) is 10.9 Å².